The Morgan fingerprint density at radius 3 is 1.81 bits per heavy atom. The van der Waals surface area contributed by atoms with Crippen molar-refractivity contribution >= 4 is 11.9 Å². The second kappa shape index (κ2) is 18.9. The molecular formula is C27H44O4. The number of benzene rings is 1. The smallest absolute Gasteiger partial charge is 0.306 e. The predicted octanol–water partition coefficient (Wildman–Crippen LogP) is 7.45. The highest BCUT2D eigenvalue weighted by molar-refractivity contribution is 5.69. The third-order valence-electron chi connectivity index (χ3n) is 5.67. The van der Waals surface area contributed by atoms with Crippen LogP contribution in [-0.2, 0) is 25.7 Å². The molecule has 0 unspecified atom stereocenters. The third kappa shape index (κ3) is 15.6. The van der Waals surface area contributed by atoms with Gasteiger partial charge in [-0.3, -0.25) is 9.59 Å². The molecule has 31 heavy (non-hydrogen) atoms. The molecule has 0 spiro atoms. The standard InChI is InChI=1S/C27H44O4/c1-3-4-5-6-9-12-17-22-30-26(28)20-13-10-7-8-11-14-21-27(29)31-23-25-19-16-15-18-24(25)2/h15-16,18-19H,3-14,17,20-23H2,1-2H3. The Kier molecular flexibility index (Phi) is 16.6. The Labute approximate surface area is 190 Å². The van der Waals surface area contributed by atoms with E-state index in [1.165, 1.54) is 32.1 Å². The molecule has 4 heteroatoms. The quantitative estimate of drug-likeness (QED) is 0.168. The Morgan fingerprint density at radius 1 is 0.677 bits per heavy atom. The maximum Gasteiger partial charge on any atom is 0.306 e. The van der Waals surface area contributed by atoms with Gasteiger partial charge in [-0.25, -0.2) is 0 Å². The first kappa shape index (κ1) is 27.2. The van der Waals surface area contributed by atoms with Crippen LogP contribution in [-0.4, -0.2) is 18.5 Å². The van der Waals surface area contributed by atoms with Crippen LogP contribution in [0.3, 0.4) is 0 Å². The highest BCUT2D eigenvalue weighted by Gasteiger charge is 2.05. The summed E-state index contributed by atoms with van der Waals surface area (Å²) in [4.78, 5) is 23.6. The van der Waals surface area contributed by atoms with E-state index >= 15 is 0 Å². The first-order valence-electron chi connectivity index (χ1n) is 12.5. The van der Waals surface area contributed by atoms with E-state index in [1.807, 2.05) is 31.2 Å². The summed E-state index contributed by atoms with van der Waals surface area (Å²) in [6.45, 7) is 5.19. The lowest BCUT2D eigenvalue weighted by atomic mass is 10.1. The molecule has 0 heterocycles. The fourth-order valence-electron chi connectivity index (χ4n) is 3.57. The van der Waals surface area contributed by atoms with Gasteiger partial charge >= 0.3 is 11.9 Å². The predicted molar refractivity (Wildman–Crippen MR) is 127 cm³/mol. The molecule has 0 aromatic heterocycles. The van der Waals surface area contributed by atoms with Crippen molar-refractivity contribution in [1.82, 2.24) is 0 Å². The van der Waals surface area contributed by atoms with E-state index in [4.69, 9.17) is 9.47 Å². The molecule has 0 atom stereocenters. The number of ether oxygens (including phenoxy) is 2. The first-order valence-corrected chi connectivity index (χ1v) is 12.5. The topological polar surface area (TPSA) is 52.6 Å². The van der Waals surface area contributed by atoms with Crippen LogP contribution in [0.25, 0.3) is 0 Å². The molecule has 1 aromatic carbocycles. The Morgan fingerprint density at radius 2 is 1.19 bits per heavy atom. The molecule has 176 valence electrons. The Bertz CT molecular complexity index is 597. The van der Waals surface area contributed by atoms with Crippen LogP contribution in [0.4, 0.5) is 0 Å². The van der Waals surface area contributed by atoms with E-state index in [0.29, 0.717) is 26.1 Å². The minimum Gasteiger partial charge on any atom is -0.466 e. The van der Waals surface area contributed by atoms with Gasteiger partial charge in [-0.15, -0.1) is 0 Å². The van der Waals surface area contributed by atoms with Crippen molar-refractivity contribution in [3.05, 3.63) is 35.4 Å². The van der Waals surface area contributed by atoms with E-state index in [-0.39, 0.29) is 11.9 Å². The maximum atomic E-state index is 11.9. The number of rotatable bonds is 19. The lowest BCUT2D eigenvalue weighted by Crippen LogP contribution is -2.05. The van der Waals surface area contributed by atoms with Gasteiger partial charge in [-0.2, -0.15) is 0 Å². The van der Waals surface area contributed by atoms with E-state index in [1.54, 1.807) is 0 Å². The Hall–Kier alpha value is -1.84. The number of hydrogen-bond acceptors (Lipinski definition) is 4. The largest absolute Gasteiger partial charge is 0.466 e. The van der Waals surface area contributed by atoms with Crippen molar-refractivity contribution in [3.63, 3.8) is 0 Å². The van der Waals surface area contributed by atoms with Gasteiger partial charge in [0.15, 0.2) is 0 Å². The zero-order valence-electron chi connectivity index (χ0n) is 20.0. The van der Waals surface area contributed by atoms with Crippen molar-refractivity contribution in [1.29, 1.82) is 0 Å². The summed E-state index contributed by atoms with van der Waals surface area (Å²) in [5.41, 5.74) is 2.22. The maximum absolute atomic E-state index is 11.9. The van der Waals surface area contributed by atoms with Gasteiger partial charge in [0.2, 0.25) is 0 Å². The molecule has 0 aliphatic rings. The molecule has 4 nitrogen and oxygen atoms in total. The van der Waals surface area contributed by atoms with E-state index < -0.39 is 0 Å². The summed E-state index contributed by atoms with van der Waals surface area (Å²) >= 11 is 0. The summed E-state index contributed by atoms with van der Waals surface area (Å²) in [5.74, 6) is -0.172. The molecule has 0 amide bonds. The number of carbonyl (C=O) groups excluding carboxylic acids is 2. The third-order valence-corrected chi connectivity index (χ3v) is 5.67. The zero-order valence-corrected chi connectivity index (χ0v) is 20.0. The fourth-order valence-corrected chi connectivity index (χ4v) is 3.57. The first-order chi connectivity index (χ1) is 15.1. The number of unbranched alkanes of at least 4 members (excludes halogenated alkanes) is 11. The van der Waals surface area contributed by atoms with Gasteiger partial charge in [0.25, 0.3) is 0 Å². The highest BCUT2D eigenvalue weighted by atomic mass is 16.5. The van der Waals surface area contributed by atoms with Crippen LogP contribution in [0.15, 0.2) is 24.3 Å². The second-order valence-electron chi connectivity index (χ2n) is 8.55. The van der Waals surface area contributed by atoms with Gasteiger partial charge in [-0.05, 0) is 37.3 Å². The van der Waals surface area contributed by atoms with Crippen molar-refractivity contribution in [3.8, 4) is 0 Å². The van der Waals surface area contributed by atoms with Gasteiger partial charge in [0.1, 0.15) is 6.61 Å². The molecule has 0 N–H and O–H groups in total. The number of esters is 2. The van der Waals surface area contributed by atoms with Crippen molar-refractivity contribution in [2.24, 2.45) is 0 Å². The second-order valence-corrected chi connectivity index (χ2v) is 8.55. The van der Waals surface area contributed by atoms with Gasteiger partial charge in [-0.1, -0.05) is 95.4 Å². The van der Waals surface area contributed by atoms with Crippen LogP contribution in [0.5, 0.6) is 0 Å². The van der Waals surface area contributed by atoms with E-state index in [0.717, 1.165) is 62.5 Å². The monoisotopic (exact) mass is 432 g/mol. The summed E-state index contributed by atoms with van der Waals surface area (Å²) in [7, 11) is 0. The molecule has 0 aliphatic carbocycles. The summed E-state index contributed by atoms with van der Waals surface area (Å²) in [6.07, 6.45) is 15.7. The molecule has 0 saturated heterocycles. The SMILES string of the molecule is CCCCCCCCCOC(=O)CCCCCCCCC(=O)OCc1ccccc1C. The fraction of sp³-hybridized carbons (Fsp3) is 0.704. The molecule has 0 radical (unpaired) electrons. The molecule has 0 fully saturated rings. The molecule has 1 rings (SSSR count). The number of carbonyl (C=O) groups is 2. The van der Waals surface area contributed by atoms with Crippen LogP contribution in [0, 0.1) is 6.92 Å². The van der Waals surface area contributed by atoms with Crippen molar-refractivity contribution in [2.75, 3.05) is 6.61 Å². The van der Waals surface area contributed by atoms with Crippen molar-refractivity contribution < 1.29 is 19.1 Å². The zero-order chi connectivity index (χ0) is 22.6. The minimum absolute atomic E-state index is 0.0534. The molecule has 0 aliphatic heterocycles. The number of aryl methyl sites for hydroxylation is 1. The van der Waals surface area contributed by atoms with Crippen LogP contribution >= 0.6 is 0 Å². The van der Waals surface area contributed by atoms with Crippen LogP contribution in [0.2, 0.25) is 0 Å². The summed E-state index contributed by atoms with van der Waals surface area (Å²) in [6, 6.07) is 7.97. The van der Waals surface area contributed by atoms with E-state index in [9.17, 15) is 9.59 Å². The van der Waals surface area contributed by atoms with Gasteiger partial charge in [0, 0.05) is 12.8 Å². The summed E-state index contributed by atoms with van der Waals surface area (Å²) < 4.78 is 10.7. The normalized spacial score (nSPS) is 10.8. The van der Waals surface area contributed by atoms with E-state index in [2.05, 4.69) is 6.92 Å². The Balaban J connectivity index is 1.85. The lowest BCUT2D eigenvalue weighted by Gasteiger charge is -2.07. The van der Waals surface area contributed by atoms with Crippen LogP contribution < -0.4 is 0 Å². The summed E-state index contributed by atoms with van der Waals surface area (Å²) in [5, 5.41) is 0. The molecular weight excluding hydrogens is 388 g/mol. The average Bonchev–Trinajstić information content (AvgIpc) is 2.76. The lowest BCUT2D eigenvalue weighted by molar-refractivity contribution is -0.145. The molecule has 1 aromatic rings. The molecule has 0 saturated carbocycles. The number of hydrogen-bond donors (Lipinski definition) is 0. The van der Waals surface area contributed by atoms with Gasteiger partial charge < -0.3 is 9.47 Å². The average molecular weight is 433 g/mol. The van der Waals surface area contributed by atoms with Crippen molar-refractivity contribution in [2.45, 2.75) is 117 Å². The van der Waals surface area contributed by atoms with Crippen LogP contribution in [0.1, 0.15) is 114 Å². The highest BCUT2D eigenvalue weighted by Crippen LogP contribution is 2.12. The molecule has 0 bridgehead atoms. The van der Waals surface area contributed by atoms with Gasteiger partial charge in [0.05, 0.1) is 6.61 Å². The minimum atomic E-state index is -0.119.